The van der Waals surface area contributed by atoms with E-state index in [1.807, 2.05) is 0 Å². The third-order valence-corrected chi connectivity index (χ3v) is 4.80. The van der Waals surface area contributed by atoms with Crippen LogP contribution in [-0.4, -0.2) is 43.2 Å². The lowest BCUT2D eigenvalue weighted by Crippen LogP contribution is -2.60. The van der Waals surface area contributed by atoms with Crippen molar-refractivity contribution in [2.24, 2.45) is 16.6 Å². The maximum Gasteiger partial charge on any atom is 0.0314 e. The van der Waals surface area contributed by atoms with Gasteiger partial charge in [-0.3, -0.25) is 0 Å². The number of hydrogen-bond donors (Lipinski definition) is 2. The van der Waals surface area contributed by atoms with E-state index in [1.165, 1.54) is 19.3 Å². The minimum atomic E-state index is 0.123. The molecule has 0 atom stereocenters. The molecule has 1 rings (SSSR count). The Labute approximate surface area is 126 Å². The molecule has 1 fully saturated rings. The fraction of sp³-hybridized carbons (Fsp3) is 1.00. The van der Waals surface area contributed by atoms with Crippen molar-refractivity contribution in [1.29, 1.82) is 0 Å². The van der Waals surface area contributed by atoms with Gasteiger partial charge in [-0.1, -0.05) is 41.5 Å². The van der Waals surface area contributed by atoms with Crippen LogP contribution < -0.4 is 11.1 Å². The van der Waals surface area contributed by atoms with Crippen molar-refractivity contribution in [3.05, 3.63) is 0 Å². The standard InChI is InChI=1S/C17H37N3/c1-7-20(8-2)10-9-19-17(14-18)12-15(3,4)11-16(5,6)13-17/h19H,7-14,18H2,1-6H3. The highest BCUT2D eigenvalue weighted by molar-refractivity contribution is 5.03. The average Bonchev–Trinajstić information content (AvgIpc) is 2.31. The maximum atomic E-state index is 6.19. The normalized spacial score (nSPS) is 24.0. The van der Waals surface area contributed by atoms with E-state index >= 15 is 0 Å². The molecule has 0 spiro atoms. The fourth-order valence-corrected chi connectivity index (χ4v) is 4.68. The molecular weight excluding hydrogens is 246 g/mol. The van der Waals surface area contributed by atoms with E-state index in [4.69, 9.17) is 5.73 Å². The van der Waals surface area contributed by atoms with E-state index in [9.17, 15) is 0 Å². The van der Waals surface area contributed by atoms with Gasteiger partial charge in [0.2, 0.25) is 0 Å². The van der Waals surface area contributed by atoms with Crippen LogP contribution in [0.2, 0.25) is 0 Å². The predicted molar refractivity (Wildman–Crippen MR) is 89.0 cm³/mol. The van der Waals surface area contributed by atoms with Crippen molar-refractivity contribution < 1.29 is 0 Å². The van der Waals surface area contributed by atoms with Gasteiger partial charge in [0.25, 0.3) is 0 Å². The fourth-order valence-electron chi connectivity index (χ4n) is 4.68. The van der Waals surface area contributed by atoms with E-state index in [0.29, 0.717) is 10.8 Å². The second-order valence-electron chi connectivity index (χ2n) is 8.30. The molecule has 0 amide bonds. The van der Waals surface area contributed by atoms with Crippen LogP contribution in [0.5, 0.6) is 0 Å². The molecule has 0 unspecified atom stereocenters. The molecule has 0 bridgehead atoms. The van der Waals surface area contributed by atoms with Crippen LogP contribution in [0, 0.1) is 10.8 Å². The summed E-state index contributed by atoms with van der Waals surface area (Å²) in [6.07, 6.45) is 3.68. The molecule has 1 saturated carbocycles. The van der Waals surface area contributed by atoms with Crippen LogP contribution >= 0.6 is 0 Å². The van der Waals surface area contributed by atoms with E-state index in [0.717, 1.165) is 32.7 Å². The first kappa shape index (κ1) is 17.9. The van der Waals surface area contributed by atoms with E-state index in [2.05, 4.69) is 51.8 Å². The third kappa shape index (κ3) is 5.01. The van der Waals surface area contributed by atoms with Gasteiger partial charge in [-0.2, -0.15) is 0 Å². The number of hydrogen-bond acceptors (Lipinski definition) is 3. The Balaban J connectivity index is 2.66. The lowest BCUT2D eigenvalue weighted by molar-refractivity contribution is 0.0314. The molecule has 0 radical (unpaired) electrons. The van der Waals surface area contributed by atoms with Gasteiger partial charge in [-0.15, -0.1) is 0 Å². The number of nitrogens with one attached hydrogen (secondary N) is 1. The quantitative estimate of drug-likeness (QED) is 0.755. The van der Waals surface area contributed by atoms with Crippen molar-refractivity contribution in [1.82, 2.24) is 10.2 Å². The molecule has 0 aromatic carbocycles. The minimum Gasteiger partial charge on any atom is -0.329 e. The van der Waals surface area contributed by atoms with Gasteiger partial charge in [-0.25, -0.2) is 0 Å². The van der Waals surface area contributed by atoms with E-state index in [-0.39, 0.29) is 5.54 Å². The van der Waals surface area contributed by atoms with Crippen LogP contribution in [0.15, 0.2) is 0 Å². The molecule has 20 heavy (non-hydrogen) atoms. The Kier molecular flexibility index (Phi) is 6.06. The monoisotopic (exact) mass is 283 g/mol. The summed E-state index contributed by atoms with van der Waals surface area (Å²) in [6.45, 7) is 19.2. The highest BCUT2D eigenvalue weighted by Crippen LogP contribution is 2.49. The molecule has 3 N–H and O–H groups in total. The van der Waals surface area contributed by atoms with E-state index < -0.39 is 0 Å². The molecule has 3 heteroatoms. The highest BCUT2D eigenvalue weighted by atomic mass is 15.1. The summed E-state index contributed by atoms with van der Waals surface area (Å²) in [6, 6.07) is 0. The first-order valence-electron chi connectivity index (χ1n) is 8.35. The largest absolute Gasteiger partial charge is 0.329 e. The smallest absolute Gasteiger partial charge is 0.0314 e. The molecule has 0 aromatic rings. The summed E-state index contributed by atoms with van der Waals surface area (Å²) in [4.78, 5) is 2.47. The second-order valence-corrected chi connectivity index (χ2v) is 8.30. The Morgan fingerprint density at radius 1 is 0.950 bits per heavy atom. The highest BCUT2D eigenvalue weighted by Gasteiger charge is 2.46. The lowest BCUT2D eigenvalue weighted by atomic mass is 9.58. The molecule has 0 heterocycles. The molecule has 3 nitrogen and oxygen atoms in total. The second kappa shape index (κ2) is 6.76. The van der Waals surface area contributed by atoms with Crippen molar-refractivity contribution in [3.8, 4) is 0 Å². The van der Waals surface area contributed by atoms with Crippen LogP contribution in [-0.2, 0) is 0 Å². The van der Waals surface area contributed by atoms with Crippen molar-refractivity contribution in [2.45, 2.75) is 66.3 Å². The average molecular weight is 284 g/mol. The number of rotatable bonds is 7. The topological polar surface area (TPSA) is 41.3 Å². The van der Waals surface area contributed by atoms with Crippen LogP contribution in [0.3, 0.4) is 0 Å². The Morgan fingerprint density at radius 3 is 1.85 bits per heavy atom. The van der Waals surface area contributed by atoms with Crippen molar-refractivity contribution >= 4 is 0 Å². The first-order chi connectivity index (χ1) is 9.17. The molecular formula is C17H37N3. The van der Waals surface area contributed by atoms with Gasteiger partial charge in [0.1, 0.15) is 0 Å². The zero-order valence-electron chi connectivity index (χ0n) is 14.7. The zero-order chi connectivity index (χ0) is 15.4. The van der Waals surface area contributed by atoms with Gasteiger partial charge in [0, 0.05) is 25.2 Å². The van der Waals surface area contributed by atoms with Gasteiger partial charge >= 0.3 is 0 Å². The summed E-state index contributed by atoms with van der Waals surface area (Å²) >= 11 is 0. The molecule has 120 valence electrons. The summed E-state index contributed by atoms with van der Waals surface area (Å²) in [5.41, 5.74) is 7.07. The molecule has 0 aliphatic heterocycles. The van der Waals surface area contributed by atoms with Gasteiger partial charge in [0.15, 0.2) is 0 Å². The summed E-state index contributed by atoms with van der Waals surface area (Å²) in [5.74, 6) is 0. The van der Waals surface area contributed by atoms with Gasteiger partial charge in [0.05, 0.1) is 0 Å². The van der Waals surface area contributed by atoms with Crippen LogP contribution in [0.1, 0.15) is 60.8 Å². The van der Waals surface area contributed by atoms with E-state index in [1.54, 1.807) is 0 Å². The zero-order valence-corrected chi connectivity index (χ0v) is 14.7. The van der Waals surface area contributed by atoms with Crippen LogP contribution in [0.25, 0.3) is 0 Å². The lowest BCUT2D eigenvalue weighted by Gasteiger charge is -2.52. The van der Waals surface area contributed by atoms with Crippen molar-refractivity contribution in [2.75, 3.05) is 32.7 Å². The number of likely N-dealkylation sites (N-methyl/N-ethyl adjacent to an activating group) is 1. The first-order valence-corrected chi connectivity index (χ1v) is 8.35. The van der Waals surface area contributed by atoms with Crippen molar-refractivity contribution in [3.63, 3.8) is 0 Å². The Bertz CT molecular complexity index is 277. The Hall–Kier alpha value is -0.120. The number of nitrogens with two attached hydrogens (primary N) is 1. The summed E-state index contributed by atoms with van der Waals surface area (Å²) < 4.78 is 0. The molecule has 1 aliphatic rings. The number of nitrogens with zero attached hydrogens (tertiary/aromatic N) is 1. The third-order valence-electron chi connectivity index (χ3n) is 4.80. The SMILES string of the molecule is CCN(CC)CCNC1(CN)CC(C)(C)CC(C)(C)C1. The predicted octanol–water partition coefficient (Wildman–Crippen LogP) is 2.85. The molecule has 1 aliphatic carbocycles. The van der Waals surface area contributed by atoms with Gasteiger partial charge < -0.3 is 16.0 Å². The van der Waals surface area contributed by atoms with Gasteiger partial charge in [-0.05, 0) is 43.2 Å². The Morgan fingerprint density at radius 2 is 1.45 bits per heavy atom. The summed E-state index contributed by atoms with van der Waals surface area (Å²) in [5, 5.41) is 3.83. The molecule has 0 saturated heterocycles. The summed E-state index contributed by atoms with van der Waals surface area (Å²) in [7, 11) is 0. The molecule has 0 aromatic heterocycles. The maximum absolute atomic E-state index is 6.19. The van der Waals surface area contributed by atoms with Crippen LogP contribution in [0.4, 0.5) is 0 Å². The minimum absolute atomic E-state index is 0.123.